The molecule has 0 aromatic heterocycles. The third kappa shape index (κ3) is 5.43. The lowest BCUT2D eigenvalue weighted by Crippen LogP contribution is -2.54. The molecule has 3 atom stereocenters. The van der Waals surface area contributed by atoms with Crippen LogP contribution in [0.4, 0.5) is 0 Å². The van der Waals surface area contributed by atoms with E-state index in [0.717, 1.165) is 13.2 Å². The van der Waals surface area contributed by atoms with Crippen LogP contribution < -0.4 is 5.32 Å². The first-order valence-electron chi connectivity index (χ1n) is 8.36. The fourth-order valence-corrected chi connectivity index (χ4v) is 3.34. The minimum absolute atomic E-state index is 0.367. The Morgan fingerprint density at radius 3 is 2.63 bits per heavy atom. The van der Waals surface area contributed by atoms with Gasteiger partial charge < -0.3 is 10.1 Å². The maximum atomic E-state index is 6.28. The van der Waals surface area contributed by atoms with Crippen molar-refractivity contribution in [2.24, 2.45) is 11.3 Å². The summed E-state index contributed by atoms with van der Waals surface area (Å²) >= 11 is 0. The number of nitrogens with one attached hydrogen (secondary N) is 1. The first-order chi connectivity index (χ1) is 9.01. The molecule has 1 aliphatic carbocycles. The molecule has 0 heterocycles. The first kappa shape index (κ1) is 17.0. The second-order valence-corrected chi connectivity index (χ2v) is 7.08. The maximum Gasteiger partial charge on any atom is 0.0733 e. The van der Waals surface area contributed by atoms with Crippen molar-refractivity contribution in [1.29, 1.82) is 0 Å². The zero-order valence-electron chi connectivity index (χ0n) is 13.8. The van der Waals surface area contributed by atoms with Crippen LogP contribution in [0, 0.1) is 11.3 Å². The summed E-state index contributed by atoms with van der Waals surface area (Å²) in [6, 6.07) is 0.523. The number of rotatable bonds is 8. The van der Waals surface area contributed by atoms with E-state index in [4.69, 9.17) is 4.74 Å². The van der Waals surface area contributed by atoms with Crippen LogP contribution in [0.2, 0.25) is 0 Å². The normalized spacial score (nSPS) is 28.3. The predicted octanol–water partition coefficient (Wildman–Crippen LogP) is 4.39. The third-order valence-corrected chi connectivity index (χ3v) is 4.51. The van der Waals surface area contributed by atoms with Gasteiger partial charge in [0.1, 0.15) is 0 Å². The van der Waals surface area contributed by atoms with Gasteiger partial charge in [-0.2, -0.15) is 0 Å². The molecule has 2 nitrogen and oxygen atoms in total. The van der Waals surface area contributed by atoms with Crippen LogP contribution in [0.25, 0.3) is 0 Å². The highest BCUT2D eigenvalue weighted by molar-refractivity contribution is 4.94. The molecule has 1 aliphatic rings. The van der Waals surface area contributed by atoms with E-state index in [-0.39, 0.29) is 0 Å². The fourth-order valence-electron chi connectivity index (χ4n) is 3.34. The highest BCUT2D eigenvalue weighted by Crippen LogP contribution is 2.37. The van der Waals surface area contributed by atoms with E-state index in [2.05, 4.69) is 39.9 Å². The van der Waals surface area contributed by atoms with Gasteiger partial charge in [0.25, 0.3) is 0 Å². The van der Waals surface area contributed by atoms with E-state index in [1.54, 1.807) is 0 Å². The lowest BCUT2D eigenvalue weighted by Gasteiger charge is -2.44. The minimum Gasteiger partial charge on any atom is -0.376 e. The molecule has 114 valence electrons. The van der Waals surface area contributed by atoms with Crippen LogP contribution in [0.3, 0.4) is 0 Å². The zero-order chi connectivity index (χ0) is 14.3. The molecule has 1 fully saturated rings. The molecule has 0 radical (unpaired) electrons. The van der Waals surface area contributed by atoms with Gasteiger partial charge in [-0.25, -0.2) is 0 Å². The molecule has 1 saturated carbocycles. The smallest absolute Gasteiger partial charge is 0.0733 e. The third-order valence-electron chi connectivity index (χ3n) is 4.51. The van der Waals surface area contributed by atoms with Gasteiger partial charge in [0.05, 0.1) is 6.10 Å². The first-order valence-corrected chi connectivity index (χ1v) is 8.36. The van der Waals surface area contributed by atoms with Gasteiger partial charge in [-0.3, -0.25) is 0 Å². The predicted molar refractivity (Wildman–Crippen MR) is 83.5 cm³/mol. The van der Waals surface area contributed by atoms with Gasteiger partial charge in [-0.05, 0) is 43.6 Å². The van der Waals surface area contributed by atoms with Gasteiger partial charge in [-0.15, -0.1) is 0 Å². The van der Waals surface area contributed by atoms with Crippen LogP contribution in [-0.4, -0.2) is 25.3 Å². The molecule has 0 spiro atoms. The summed E-state index contributed by atoms with van der Waals surface area (Å²) in [6.45, 7) is 13.6. The monoisotopic (exact) mass is 269 g/mol. The molecule has 0 bridgehead atoms. The standard InChI is InChI=1S/C17H35NO/c1-6-9-14(3)13-19-15-10-8-11-17(4,5)16(15)18-12-7-2/h14-16,18H,6-13H2,1-5H3. The summed E-state index contributed by atoms with van der Waals surface area (Å²) in [5, 5.41) is 3.74. The van der Waals surface area contributed by atoms with E-state index < -0.39 is 0 Å². The molecule has 0 saturated heterocycles. The van der Waals surface area contributed by atoms with E-state index in [9.17, 15) is 0 Å². The van der Waals surface area contributed by atoms with Gasteiger partial charge in [0, 0.05) is 12.6 Å². The van der Waals surface area contributed by atoms with Crippen molar-refractivity contribution in [2.45, 2.75) is 85.3 Å². The number of hydrogen-bond donors (Lipinski definition) is 1. The van der Waals surface area contributed by atoms with Gasteiger partial charge >= 0.3 is 0 Å². The second-order valence-electron chi connectivity index (χ2n) is 7.08. The summed E-state index contributed by atoms with van der Waals surface area (Å²) in [5.74, 6) is 0.696. The highest BCUT2D eigenvalue weighted by Gasteiger charge is 2.39. The van der Waals surface area contributed by atoms with E-state index in [0.29, 0.717) is 23.5 Å². The average molecular weight is 269 g/mol. The summed E-state index contributed by atoms with van der Waals surface area (Å²) in [4.78, 5) is 0. The lowest BCUT2D eigenvalue weighted by atomic mass is 9.71. The van der Waals surface area contributed by atoms with Crippen LogP contribution in [0.5, 0.6) is 0 Å². The van der Waals surface area contributed by atoms with Crippen molar-refractivity contribution in [1.82, 2.24) is 5.32 Å². The molecule has 0 aromatic carbocycles. The summed E-state index contributed by atoms with van der Waals surface area (Å²) < 4.78 is 6.28. The highest BCUT2D eigenvalue weighted by atomic mass is 16.5. The van der Waals surface area contributed by atoms with Crippen LogP contribution >= 0.6 is 0 Å². The number of ether oxygens (including phenoxy) is 1. The molecule has 1 rings (SSSR count). The van der Waals surface area contributed by atoms with E-state index in [1.165, 1.54) is 38.5 Å². The Labute approximate surface area is 120 Å². The van der Waals surface area contributed by atoms with Gasteiger partial charge in [0.15, 0.2) is 0 Å². The van der Waals surface area contributed by atoms with Crippen molar-refractivity contribution in [3.63, 3.8) is 0 Å². The van der Waals surface area contributed by atoms with Gasteiger partial charge in [-0.1, -0.05) is 47.5 Å². The Bertz CT molecular complexity index is 239. The summed E-state index contributed by atoms with van der Waals surface area (Å²) in [5.41, 5.74) is 0.367. The van der Waals surface area contributed by atoms with Crippen LogP contribution in [-0.2, 0) is 4.74 Å². The lowest BCUT2D eigenvalue weighted by molar-refractivity contribution is -0.0483. The zero-order valence-corrected chi connectivity index (χ0v) is 13.8. The molecule has 0 aliphatic heterocycles. The van der Waals surface area contributed by atoms with Crippen LogP contribution in [0.1, 0.15) is 73.1 Å². The summed E-state index contributed by atoms with van der Waals surface area (Å²) in [7, 11) is 0. The average Bonchev–Trinajstić information content (AvgIpc) is 2.35. The quantitative estimate of drug-likeness (QED) is 0.706. The molecule has 3 unspecified atom stereocenters. The van der Waals surface area contributed by atoms with Crippen LogP contribution in [0.15, 0.2) is 0 Å². The Kier molecular flexibility index (Phi) is 7.38. The molecule has 0 amide bonds. The molecular formula is C17H35NO. The molecule has 19 heavy (non-hydrogen) atoms. The van der Waals surface area contributed by atoms with Crippen molar-refractivity contribution in [2.75, 3.05) is 13.2 Å². The van der Waals surface area contributed by atoms with Crippen molar-refractivity contribution < 1.29 is 4.74 Å². The number of hydrogen-bond acceptors (Lipinski definition) is 2. The molecular weight excluding hydrogens is 234 g/mol. The SMILES string of the molecule is CCCNC1C(OCC(C)CCC)CCCC1(C)C. The van der Waals surface area contributed by atoms with Crippen molar-refractivity contribution >= 4 is 0 Å². The Morgan fingerprint density at radius 2 is 2.00 bits per heavy atom. The molecule has 2 heteroatoms. The Hall–Kier alpha value is -0.0800. The maximum absolute atomic E-state index is 6.28. The van der Waals surface area contributed by atoms with Gasteiger partial charge in [0.2, 0.25) is 0 Å². The Morgan fingerprint density at radius 1 is 1.26 bits per heavy atom. The minimum atomic E-state index is 0.367. The van der Waals surface area contributed by atoms with E-state index >= 15 is 0 Å². The van der Waals surface area contributed by atoms with Crippen molar-refractivity contribution in [3.8, 4) is 0 Å². The molecule has 0 aromatic rings. The second kappa shape index (κ2) is 8.26. The molecule has 1 N–H and O–H groups in total. The summed E-state index contributed by atoms with van der Waals surface area (Å²) in [6.07, 6.45) is 8.01. The fraction of sp³-hybridized carbons (Fsp3) is 1.00. The van der Waals surface area contributed by atoms with Crippen molar-refractivity contribution in [3.05, 3.63) is 0 Å². The topological polar surface area (TPSA) is 21.3 Å². The largest absolute Gasteiger partial charge is 0.376 e. The van der Waals surface area contributed by atoms with E-state index in [1.807, 2.05) is 0 Å². The Balaban J connectivity index is 2.51.